The third-order valence-electron chi connectivity index (χ3n) is 4.91. The molecular formula is C18H28N2. The van der Waals surface area contributed by atoms with Crippen molar-refractivity contribution in [1.82, 2.24) is 0 Å². The Morgan fingerprint density at radius 3 is 2.35 bits per heavy atom. The fourth-order valence-electron chi connectivity index (χ4n) is 3.68. The van der Waals surface area contributed by atoms with Crippen LogP contribution in [0.3, 0.4) is 0 Å². The van der Waals surface area contributed by atoms with E-state index in [1.165, 1.54) is 75.8 Å². The van der Waals surface area contributed by atoms with Gasteiger partial charge in [-0.3, -0.25) is 0 Å². The van der Waals surface area contributed by atoms with Crippen LogP contribution in [0.25, 0.3) is 0 Å². The number of hydrogen-bond donors (Lipinski definition) is 1. The fourth-order valence-corrected chi connectivity index (χ4v) is 3.68. The van der Waals surface area contributed by atoms with E-state index in [9.17, 15) is 0 Å². The molecule has 1 heterocycles. The summed E-state index contributed by atoms with van der Waals surface area (Å²) in [5, 5.41) is 3.75. The Balaban J connectivity index is 1.61. The highest BCUT2D eigenvalue weighted by atomic mass is 15.2. The Bertz CT molecular complexity index is 402. The maximum absolute atomic E-state index is 3.75. The highest BCUT2D eigenvalue weighted by Crippen LogP contribution is 2.30. The predicted molar refractivity (Wildman–Crippen MR) is 87.6 cm³/mol. The Labute approximate surface area is 123 Å². The SMILES string of the molecule is c1ccc(N2CCCC2)c(NCC2CCCCCC2)c1. The first-order valence-electron chi connectivity index (χ1n) is 8.51. The van der Waals surface area contributed by atoms with E-state index >= 15 is 0 Å². The lowest BCUT2D eigenvalue weighted by molar-refractivity contribution is 0.483. The van der Waals surface area contributed by atoms with Gasteiger partial charge in [-0.1, -0.05) is 37.8 Å². The van der Waals surface area contributed by atoms with Crippen molar-refractivity contribution in [1.29, 1.82) is 0 Å². The molecule has 0 amide bonds. The molecule has 110 valence electrons. The van der Waals surface area contributed by atoms with Crippen LogP contribution in [-0.4, -0.2) is 19.6 Å². The van der Waals surface area contributed by atoms with Gasteiger partial charge in [0.05, 0.1) is 11.4 Å². The summed E-state index contributed by atoms with van der Waals surface area (Å²) >= 11 is 0. The zero-order valence-electron chi connectivity index (χ0n) is 12.6. The molecule has 1 aliphatic carbocycles. The van der Waals surface area contributed by atoms with E-state index in [0.717, 1.165) is 12.5 Å². The third-order valence-corrected chi connectivity index (χ3v) is 4.91. The van der Waals surface area contributed by atoms with E-state index in [-0.39, 0.29) is 0 Å². The first-order valence-corrected chi connectivity index (χ1v) is 8.51. The maximum Gasteiger partial charge on any atom is 0.0602 e. The van der Waals surface area contributed by atoms with Crippen molar-refractivity contribution in [2.24, 2.45) is 5.92 Å². The van der Waals surface area contributed by atoms with Gasteiger partial charge in [0.15, 0.2) is 0 Å². The van der Waals surface area contributed by atoms with Gasteiger partial charge in [0.1, 0.15) is 0 Å². The molecule has 2 heteroatoms. The van der Waals surface area contributed by atoms with E-state index in [1.54, 1.807) is 0 Å². The second-order valence-corrected chi connectivity index (χ2v) is 6.45. The number of benzene rings is 1. The van der Waals surface area contributed by atoms with Crippen molar-refractivity contribution < 1.29 is 0 Å². The van der Waals surface area contributed by atoms with Gasteiger partial charge >= 0.3 is 0 Å². The van der Waals surface area contributed by atoms with Crippen LogP contribution in [0, 0.1) is 5.92 Å². The number of para-hydroxylation sites is 2. The molecule has 1 saturated carbocycles. The third kappa shape index (κ3) is 3.47. The van der Waals surface area contributed by atoms with Crippen molar-refractivity contribution in [3.63, 3.8) is 0 Å². The molecule has 0 unspecified atom stereocenters. The summed E-state index contributed by atoms with van der Waals surface area (Å²) in [4.78, 5) is 2.54. The number of rotatable bonds is 4. The molecule has 0 bridgehead atoms. The normalized spacial score (nSPS) is 20.9. The van der Waals surface area contributed by atoms with Crippen molar-refractivity contribution in [2.45, 2.75) is 51.4 Å². The lowest BCUT2D eigenvalue weighted by Gasteiger charge is -2.23. The van der Waals surface area contributed by atoms with E-state index < -0.39 is 0 Å². The predicted octanol–water partition coefficient (Wildman–Crippen LogP) is 4.67. The van der Waals surface area contributed by atoms with Gasteiger partial charge < -0.3 is 10.2 Å². The Hall–Kier alpha value is -1.18. The molecule has 0 aromatic heterocycles. The maximum atomic E-state index is 3.75. The summed E-state index contributed by atoms with van der Waals surface area (Å²) in [7, 11) is 0. The molecule has 0 atom stereocenters. The Kier molecular flexibility index (Phi) is 4.83. The highest BCUT2D eigenvalue weighted by molar-refractivity contribution is 5.70. The van der Waals surface area contributed by atoms with Gasteiger partial charge in [-0.25, -0.2) is 0 Å². The average molecular weight is 272 g/mol. The molecule has 2 nitrogen and oxygen atoms in total. The standard InChI is InChI=1S/C18H28N2/c1-2-4-10-16(9-3-1)15-19-17-11-5-6-12-18(17)20-13-7-8-14-20/h5-6,11-12,16,19H,1-4,7-10,13-15H2. The molecule has 3 rings (SSSR count). The second kappa shape index (κ2) is 7.01. The van der Waals surface area contributed by atoms with E-state index in [0.29, 0.717) is 0 Å². The highest BCUT2D eigenvalue weighted by Gasteiger charge is 2.16. The molecule has 1 saturated heterocycles. The first-order chi connectivity index (χ1) is 9.93. The number of nitrogens with one attached hydrogen (secondary N) is 1. The van der Waals surface area contributed by atoms with Crippen molar-refractivity contribution in [3.05, 3.63) is 24.3 Å². The van der Waals surface area contributed by atoms with Crippen LogP contribution in [-0.2, 0) is 0 Å². The lowest BCUT2D eigenvalue weighted by atomic mass is 10.0. The van der Waals surface area contributed by atoms with Gasteiger partial charge in [0.2, 0.25) is 0 Å². The van der Waals surface area contributed by atoms with Crippen molar-refractivity contribution in [2.75, 3.05) is 29.9 Å². The molecule has 1 aliphatic heterocycles. The number of anilines is 2. The van der Waals surface area contributed by atoms with E-state index in [2.05, 4.69) is 34.5 Å². The van der Waals surface area contributed by atoms with Gasteiger partial charge in [0.25, 0.3) is 0 Å². The molecular weight excluding hydrogens is 244 g/mol. The summed E-state index contributed by atoms with van der Waals surface area (Å²) in [6.07, 6.45) is 11.3. The molecule has 2 fully saturated rings. The second-order valence-electron chi connectivity index (χ2n) is 6.45. The lowest BCUT2D eigenvalue weighted by Crippen LogP contribution is -2.21. The molecule has 0 spiro atoms. The van der Waals surface area contributed by atoms with Crippen LogP contribution < -0.4 is 10.2 Å². The zero-order valence-corrected chi connectivity index (χ0v) is 12.6. The molecule has 1 N–H and O–H groups in total. The fraction of sp³-hybridized carbons (Fsp3) is 0.667. The van der Waals surface area contributed by atoms with Crippen LogP contribution in [0.5, 0.6) is 0 Å². The molecule has 1 aromatic rings. The van der Waals surface area contributed by atoms with E-state index in [4.69, 9.17) is 0 Å². The van der Waals surface area contributed by atoms with Crippen molar-refractivity contribution >= 4 is 11.4 Å². The number of nitrogens with zero attached hydrogens (tertiary/aromatic N) is 1. The van der Waals surface area contributed by atoms with Gasteiger partial charge in [-0.05, 0) is 43.7 Å². The van der Waals surface area contributed by atoms with Gasteiger partial charge in [-0.2, -0.15) is 0 Å². The summed E-state index contributed by atoms with van der Waals surface area (Å²) in [6.45, 7) is 3.61. The Morgan fingerprint density at radius 1 is 0.900 bits per heavy atom. The molecule has 0 radical (unpaired) electrons. The van der Waals surface area contributed by atoms with Crippen LogP contribution in [0.15, 0.2) is 24.3 Å². The summed E-state index contributed by atoms with van der Waals surface area (Å²) < 4.78 is 0. The summed E-state index contributed by atoms with van der Waals surface area (Å²) in [5.74, 6) is 0.879. The van der Waals surface area contributed by atoms with Crippen LogP contribution in [0.1, 0.15) is 51.4 Å². The van der Waals surface area contributed by atoms with Crippen molar-refractivity contribution in [3.8, 4) is 0 Å². The van der Waals surface area contributed by atoms with Gasteiger partial charge in [0, 0.05) is 19.6 Å². The molecule has 2 aliphatic rings. The summed E-state index contributed by atoms with van der Waals surface area (Å²) in [5.41, 5.74) is 2.76. The minimum absolute atomic E-state index is 0.879. The quantitative estimate of drug-likeness (QED) is 0.801. The topological polar surface area (TPSA) is 15.3 Å². The average Bonchev–Trinajstić information content (AvgIpc) is 2.89. The number of hydrogen-bond acceptors (Lipinski definition) is 2. The van der Waals surface area contributed by atoms with Gasteiger partial charge in [-0.15, -0.1) is 0 Å². The molecule has 1 aromatic carbocycles. The van der Waals surface area contributed by atoms with Crippen LogP contribution in [0.2, 0.25) is 0 Å². The smallest absolute Gasteiger partial charge is 0.0602 e. The summed E-state index contributed by atoms with van der Waals surface area (Å²) in [6, 6.07) is 8.87. The largest absolute Gasteiger partial charge is 0.383 e. The Morgan fingerprint density at radius 2 is 1.60 bits per heavy atom. The van der Waals surface area contributed by atoms with Crippen LogP contribution >= 0.6 is 0 Å². The van der Waals surface area contributed by atoms with E-state index in [1.807, 2.05) is 0 Å². The monoisotopic (exact) mass is 272 g/mol. The molecule has 20 heavy (non-hydrogen) atoms. The minimum Gasteiger partial charge on any atom is -0.383 e. The van der Waals surface area contributed by atoms with Crippen LogP contribution in [0.4, 0.5) is 11.4 Å². The first kappa shape index (κ1) is 13.8. The minimum atomic E-state index is 0.879. The zero-order chi connectivity index (χ0) is 13.6.